The maximum absolute atomic E-state index is 3.48. The second kappa shape index (κ2) is 8.83. The minimum absolute atomic E-state index is 0. The van der Waals surface area contributed by atoms with E-state index in [0.717, 1.165) is 6.32 Å². The summed E-state index contributed by atoms with van der Waals surface area (Å²) in [4.78, 5) is 0. The Bertz CT molecular complexity index is 20.9. The molecule has 0 bridgehead atoms. The Morgan fingerprint density at radius 3 is 2.00 bits per heavy atom. The molecule has 0 N–H and O–H groups in total. The molecule has 0 aliphatic heterocycles. The van der Waals surface area contributed by atoms with Gasteiger partial charge in [-0.05, 0) is 0 Å². The molecule has 2 heteroatoms. The van der Waals surface area contributed by atoms with Crippen molar-refractivity contribution in [2.24, 2.45) is 0 Å². The van der Waals surface area contributed by atoms with Gasteiger partial charge in [-0.3, -0.25) is 0 Å². The molecular weight excluding hydrogens is 53.8 g/mol. The molecule has 0 nitrogen and oxygen atoms in total. The topological polar surface area (TPSA) is 0 Å². The van der Waals surface area contributed by atoms with Crippen LogP contribution in [0.3, 0.4) is 0 Å². The Labute approximate surface area is 46.2 Å². The summed E-state index contributed by atoms with van der Waals surface area (Å²) in [5.41, 5.74) is 0. The maximum atomic E-state index is 3.48. The Balaban J connectivity index is 0. The predicted molar refractivity (Wildman–Crippen MR) is 30.7 cm³/mol. The van der Waals surface area contributed by atoms with Gasteiger partial charge in [0.15, 0.2) is 0 Å². The molecule has 0 aromatic carbocycles. The van der Waals surface area contributed by atoms with E-state index in [1.165, 1.54) is 0 Å². The van der Waals surface area contributed by atoms with Gasteiger partial charge >= 0.3 is 18.9 Å². The summed E-state index contributed by atoms with van der Waals surface area (Å²) >= 11 is 0. The van der Waals surface area contributed by atoms with Crippen LogP contribution in [-0.2, 0) is 0 Å². The fourth-order valence-electron chi connectivity index (χ4n) is 0. The molecule has 0 saturated heterocycles. The van der Waals surface area contributed by atoms with Crippen LogP contribution in [0.5, 0.6) is 0 Å². The van der Waals surface area contributed by atoms with Crippen LogP contribution in [-0.4, -0.2) is 26.7 Å². The van der Waals surface area contributed by atoms with Crippen molar-refractivity contribution in [3.63, 3.8) is 0 Å². The van der Waals surface area contributed by atoms with Gasteiger partial charge in [0, 0.05) is 0 Å². The van der Waals surface area contributed by atoms with E-state index >= 15 is 0 Å². The molecule has 0 amide bonds. The molecule has 0 saturated carbocycles. The van der Waals surface area contributed by atoms with E-state index in [1.54, 1.807) is 0 Å². The molecule has 0 spiro atoms. The molecule has 0 aromatic rings. The van der Waals surface area contributed by atoms with Crippen molar-refractivity contribution in [1.29, 1.82) is 0 Å². The predicted octanol–water partition coefficient (Wildman–Crippen LogP) is -0.425. The third kappa shape index (κ3) is 12.9. The Hall–Kier alpha value is 0.402. The number of rotatable bonds is 1. The van der Waals surface area contributed by atoms with Crippen molar-refractivity contribution in [2.45, 2.75) is 6.32 Å². The number of allylic oxidation sites excluding steroid dienone is 1. The molecular formula is C3H8BLi. The monoisotopic (exact) mass is 62.1 g/mol. The third-order valence-electron chi connectivity index (χ3n) is 0.289. The van der Waals surface area contributed by atoms with Crippen LogP contribution in [0.15, 0.2) is 12.7 Å². The van der Waals surface area contributed by atoms with Crippen molar-refractivity contribution in [3.8, 4) is 0 Å². The zero-order valence-electron chi connectivity index (χ0n) is 2.99. The van der Waals surface area contributed by atoms with E-state index in [4.69, 9.17) is 0 Å². The molecule has 24 valence electrons. The Kier molecular flexibility index (Phi) is 16.0. The second-order valence-corrected chi connectivity index (χ2v) is 0.697. The van der Waals surface area contributed by atoms with Crippen LogP contribution in [0.2, 0.25) is 6.32 Å². The summed E-state index contributed by atoms with van der Waals surface area (Å²) < 4.78 is 0. The van der Waals surface area contributed by atoms with Crippen LogP contribution in [0.4, 0.5) is 0 Å². The first-order chi connectivity index (χ1) is 1.91. The summed E-state index contributed by atoms with van der Waals surface area (Å²) in [7, 11) is 2.06. The first-order valence-corrected chi connectivity index (χ1v) is 1.52. The normalized spacial score (nSPS) is 4.80. The van der Waals surface area contributed by atoms with Crippen molar-refractivity contribution in [3.05, 3.63) is 12.7 Å². The van der Waals surface area contributed by atoms with Crippen molar-refractivity contribution in [1.82, 2.24) is 0 Å². The van der Waals surface area contributed by atoms with Crippen molar-refractivity contribution in [2.75, 3.05) is 0 Å². The molecule has 0 heterocycles. The molecule has 5 heavy (non-hydrogen) atoms. The van der Waals surface area contributed by atoms with Crippen molar-refractivity contribution >= 4 is 26.7 Å². The first-order valence-electron chi connectivity index (χ1n) is 1.52. The van der Waals surface area contributed by atoms with Gasteiger partial charge in [0.25, 0.3) is 0 Å². The second-order valence-electron chi connectivity index (χ2n) is 0.697. The Morgan fingerprint density at radius 1 is 1.80 bits per heavy atom. The van der Waals surface area contributed by atoms with Crippen molar-refractivity contribution < 1.29 is 0 Å². The van der Waals surface area contributed by atoms with Crippen LogP contribution < -0.4 is 0 Å². The van der Waals surface area contributed by atoms with E-state index in [9.17, 15) is 0 Å². The van der Waals surface area contributed by atoms with Gasteiger partial charge < -0.3 is 0 Å². The minimum atomic E-state index is 0. The van der Waals surface area contributed by atoms with E-state index in [2.05, 4.69) is 14.4 Å². The van der Waals surface area contributed by atoms with Gasteiger partial charge in [-0.1, -0.05) is 12.4 Å². The molecule has 0 aliphatic carbocycles. The summed E-state index contributed by atoms with van der Waals surface area (Å²) in [6, 6.07) is 0. The van der Waals surface area contributed by atoms with Gasteiger partial charge in [0.05, 0.1) is 0 Å². The molecule has 0 aliphatic rings. The van der Waals surface area contributed by atoms with Crippen LogP contribution in [0.25, 0.3) is 0 Å². The zero-order chi connectivity index (χ0) is 3.41. The average molecular weight is 61.9 g/mol. The summed E-state index contributed by atoms with van der Waals surface area (Å²) in [5, 5.41) is 0. The first kappa shape index (κ1) is 9.04. The van der Waals surface area contributed by atoms with Gasteiger partial charge in [-0.25, -0.2) is 0 Å². The molecule has 0 fully saturated rings. The van der Waals surface area contributed by atoms with E-state index in [1.807, 2.05) is 6.08 Å². The van der Waals surface area contributed by atoms with Gasteiger partial charge in [0.2, 0.25) is 0 Å². The molecule has 0 unspecified atom stereocenters. The van der Waals surface area contributed by atoms with Crippen LogP contribution in [0.1, 0.15) is 0 Å². The summed E-state index contributed by atoms with van der Waals surface area (Å²) in [6.45, 7) is 3.48. The third-order valence-corrected chi connectivity index (χ3v) is 0.289. The molecule has 0 rings (SSSR count). The van der Waals surface area contributed by atoms with E-state index in [0.29, 0.717) is 0 Å². The molecule has 0 atom stereocenters. The summed E-state index contributed by atoms with van der Waals surface area (Å²) in [5.74, 6) is 0. The zero-order valence-corrected chi connectivity index (χ0v) is 2.99. The molecule has 0 aromatic heterocycles. The van der Waals surface area contributed by atoms with Gasteiger partial charge in [0.1, 0.15) is 7.85 Å². The van der Waals surface area contributed by atoms with E-state index < -0.39 is 0 Å². The fourth-order valence-corrected chi connectivity index (χ4v) is 0. The quantitative estimate of drug-likeness (QED) is 0.285. The summed E-state index contributed by atoms with van der Waals surface area (Å²) in [6.07, 6.45) is 2.96. The van der Waals surface area contributed by atoms with Gasteiger partial charge in [-0.2, -0.15) is 0 Å². The standard InChI is InChI=1S/C3H7B.Li.H/c1-2-3-4;;/h2H,1,3-4H2;;. The average Bonchev–Trinajstić information content (AvgIpc) is 1.37. The molecule has 0 radical (unpaired) electrons. The van der Waals surface area contributed by atoms with Crippen LogP contribution >= 0.6 is 0 Å². The van der Waals surface area contributed by atoms with Crippen LogP contribution in [0, 0.1) is 0 Å². The fraction of sp³-hybridized carbons (Fsp3) is 0.333. The van der Waals surface area contributed by atoms with Gasteiger partial charge in [-0.15, -0.1) is 6.58 Å². The Morgan fingerprint density at radius 2 is 2.00 bits per heavy atom. The van der Waals surface area contributed by atoms with E-state index in [-0.39, 0.29) is 18.9 Å². The number of hydrogen-bond acceptors (Lipinski definition) is 0. The SMILES string of the molecule is BCC=C.[LiH]. The number of hydrogen-bond donors (Lipinski definition) is 0.